The zero-order valence-corrected chi connectivity index (χ0v) is 10.3. The highest BCUT2D eigenvalue weighted by Crippen LogP contribution is 2.33. The number of anilines is 1. The summed E-state index contributed by atoms with van der Waals surface area (Å²) in [6.45, 7) is 0. The van der Waals surface area contributed by atoms with Gasteiger partial charge in [0.05, 0.1) is 12.8 Å². The molecule has 0 aliphatic carbocycles. The van der Waals surface area contributed by atoms with Crippen LogP contribution in [0.3, 0.4) is 0 Å². The van der Waals surface area contributed by atoms with Gasteiger partial charge >= 0.3 is 5.97 Å². The number of carbonyl (C=O) groups is 1. The van der Waals surface area contributed by atoms with E-state index in [2.05, 4.69) is 5.32 Å². The SMILES string of the molecule is COC(=O)C1(Nc2ccccc2F)CCSC1. The quantitative estimate of drug-likeness (QED) is 0.841. The lowest BCUT2D eigenvalue weighted by molar-refractivity contribution is -0.145. The van der Waals surface area contributed by atoms with Crippen molar-refractivity contribution in [2.45, 2.75) is 12.0 Å². The van der Waals surface area contributed by atoms with Gasteiger partial charge in [-0.3, -0.25) is 0 Å². The summed E-state index contributed by atoms with van der Waals surface area (Å²) in [4.78, 5) is 11.8. The van der Waals surface area contributed by atoms with Gasteiger partial charge in [-0.15, -0.1) is 0 Å². The van der Waals surface area contributed by atoms with Gasteiger partial charge in [-0.2, -0.15) is 11.8 Å². The molecule has 1 fully saturated rings. The third kappa shape index (κ3) is 2.39. The van der Waals surface area contributed by atoms with E-state index in [-0.39, 0.29) is 11.8 Å². The Morgan fingerprint density at radius 2 is 2.29 bits per heavy atom. The Balaban J connectivity index is 2.25. The predicted octanol–water partition coefficient (Wildman–Crippen LogP) is 2.29. The van der Waals surface area contributed by atoms with Gasteiger partial charge in [-0.05, 0) is 24.3 Å². The van der Waals surface area contributed by atoms with Crippen LogP contribution in [0, 0.1) is 5.82 Å². The summed E-state index contributed by atoms with van der Waals surface area (Å²) in [5.74, 6) is 0.795. The summed E-state index contributed by atoms with van der Waals surface area (Å²) < 4.78 is 18.4. The molecule has 0 radical (unpaired) electrons. The fraction of sp³-hybridized carbons (Fsp3) is 0.417. The number of hydrogen-bond acceptors (Lipinski definition) is 4. The first-order chi connectivity index (χ1) is 8.18. The Hall–Kier alpha value is -1.23. The second-order valence-electron chi connectivity index (χ2n) is 3.98. The normalized spacial score (nSPS) is 23.4. The first kappa shape index (κ1) is 12.2. The number of rotatable bonds is 3. The molecule has 1 saturated heterocycles. The van der Waals surface area contributed by atoms with E-state index >= 15 is 0 Å². The molecule has 3 nitrogen and oxygen atoms in total. The average Bonchev–Trinajstić information content (AvgIpc) is 2.81. The Labute approximate surface area is 104 Å². The van der Waals surface area contributed by atoms with Crippen molar-refractivity contribution in [2.24, 2.45) is 0 Å². The third-order valence-electron chi connectivity index (χ3n) is 2.85. The van der Waals surface area contributed by atoms with E-state index in [9.17, 15) is 9.18 Å². The molecule has 1 heterocycles. The van der Waals surface area contributed by atoms with Gasteiger partial charge in [0, 0.05) is 5.75 Å². The zero-order valence-electron chi connectivity index (χ0n) is 9.53. The zero-order chi connectivity index (χ0) is 12.3. The van der Waals surface area contributed by atoms with E-state index in [4.69, 9.17) is 4.74 Å². The minimum Gasteiger partial charge on any atom is -0.467 e. The first-order valence-corrected chi connectivity index (χ1v) is 6.52. The van der Waals surface area contributed by atoms with Crippen LogP contribution in [-0.2, 0) is 9.53 Å². The fourth-order valence-electron chi connectivity index (χ4n) is 1.89. The minimum absolute atomic E-state index is 0.328. The highest BCUT2D eigenvalue weighted by atomic mass is 32.2. The maximum atomic E-state index is 13.6. The minimum atomic E-state index is -0.790. The van der Waals surface area contributed by atoms with Crippen molar-refractivity contribution in [1.29, 1.82) is 0 Å². The molecule has 1 aromatic carbocycles. The highest BCUT2D eigenvalue weighted by Gasteiger charge is 2.43. The summed E-state index contributed by atoms with van der Waals surface area (Å²) in [7, 11) is 1.36. The molecular formula is C12H14FNO2S. The van der Waals surface area contributed by atoms with Crippen LogP contribution in [0.2, 0.25) is 0 Å². The summed E-state index contributed by atoms with van der Waals surface area (Å²) >= 11 is 1.66. The van der Waals surface area contributed by atoms with Gasteiger partial charge in [-0.25, -0.2) is 9.18 Å². The van der Waals surface area contributed by atoms with Crippen molar-refractivity contribution in [2.75, 3.05) is 23.9 Å². The van der Waals surface area contributed by atoms with Crippen molar-refractivity contribution in [3.8, 4) is 0 Å². The largest absolute Gasteiger partial charge is 0.467 e. The molecule has 92 valence electrons. The van der Waals surface area contributed by atoms with Gasteiger partial charge in [0.25, 0.3) is 0 Å². The second-order valence-corrected chi connectivity index (χ2v) is 5.09. The molecule has 2 rings (SSSR count). The topological polar surface area (TPSA) is 38.3 Å². The third-order valence-corrected chi connectivity index (χ3v) is 4.04. The average molecular weight is 255 g/mol. The monoisotopic (exact) mass is 255 g/mol. The molecule has 1 aliphatic rings. The Bertz CT molecular complexity index is 419. The number of halogens is 1. The molecule has 0 saturated carbocycles. The molecule has 0 spiro atoms. The van der Waals surface area contributed by atoms with Crippen molar-refractivity contribution in [3.05, 3.63) is 30.1 Å². The number of ether oxygens (including phenoxy) is 1. The standard InChI is InChI=1S/C12H14FNO2S/c1-16-11(15)12(6-7-17-8-12)14-10-5-3-2-4-9(10)13/h2-5,14H,6-8H2,1H3. The van der Waals surface area contributed by atoms with Gasteiger partial charge in [-0.1, -0.05) is 12.1 Å². The van der Waals surface area contributed by atoms with Crippen LogP contribution < -0.4 is 5.32 Å². The van der Waals surface area contributed by atoms with Crippen LogP contribution in [0.15, 0.2) is 24.3 Å². The number of thioether (sulfide) groups is 1. The summed E-state index contributed by atoms with van der Waals surface area (Å²) in [6, 6.07) is 6.35. The molecule has 17 heavy (non-hydrogen) atoms. The van der Waals surface area contributed by atoms with Crippen molar-refractivity contribution < 1.29 is 13.9 Å². The number of esters is 1. The van der Waals surface area contributed by atoms with Gasteiger partial charge < -0.3 is 10.1 Å². The Morgan fingerprint density at radius 1 is 1.53 bits per heavy atom. The van der Waals surface area contributed by atoms with E-state index in [0.29, 0.717) is 17.9 Å². The Kier molecular flexibility index (Phi) is 3.57. The van der Waals surface area contributed by atoms with Crippen LogP contribution in [0.5, 0.6) is 0 Å². The number of hydrogen-bond donors (Lipinski definition) is 1. The summed E-state index contributed by atoms with van der Waals surface area (Å²) in [5, 5.41) is 3.00. The predicted molar refractivity (Wildman–Crippen MR) is 66.7 cm³/mol. The highest BCUT2D eigenvalue weighted by molar-refractivity contribution is 7.99. The van der Waals surface area contributed by atoms with E-state index in [1.807, 2.05) is 0 Å². The molecule has 1 atom stereocenters. The van der Waals surface area contributed by atoms with Gasteiger partial charge in [0.1, 0.15) is 11.4 Å². The van der Waals surface area contributed by atoms with Gasteiger partial charge in [0.2, 0.25) is 0 Å². The Morgan fingerprint density at radius 3 is 2.88 bits per heavy atom. The smallest absolute Gasteiger partial charge is 0.332 e. The molecule has 1 unspecified atom stereocenters. The van der Waals surface area contributed by atoms with Crippen LogP contribution in [0.1, 0.15) is 6.42 Å². The fourth-order valence-corrected chi connectivity index (χ4v) is 3.21. The molecule has 1 N–H and O–H groups in total. The number of nitrogens with one attached hydrogen (secondary N) is 1. The van der Waals surface area contributed by atoms with Crippen LogP contribution >= 0.6 is 11.8 Å². The van der Waals surface area contributed by atoms with E-state index in [0.717, 1.165) is 5.75 Å². The molecular weight excluding hydrogens is 241 g/mol. The van der Waals surface area contributed by atoms with Crippen molar-refractivity contribution >= 4 is 23.4 Å². The van der Waals surface area contributed by atoms with E-state index < -0.39 is 5.54 Å². The number of methoxy groups -OCH3 is 1. The molecule has 0 aromatic heterocycles. The van der Waals surface area contributed by atoms with E-state index in [1.165, 1.54) is 13.2 Å². The summed E-state index contributed by atoms with van der Waals surface area (Å²) in [6.07, 6.45) is 0.651. The first-order valence-electron chi connectivity index (χ1n) is 5.37. The molecule has 5 heteroatoms. The van der Waals surface area contributed by atoms with E-state index in [1.54, 1.807) is 30.0 Å². The molecule has 0 bridgehead atoms. The van der Waals surface area contributed by atoms with Crippen LogP contribution in [0.4, 0.5) is 10.1 Å². The maximum Gasteiger partial charge on any atom is 0.332 e. The van der Waals surface area contributed by atoms with Crippen LogP contribution in [0.25, 0.3) is 0 Å². The van der Waals surface area contributed by atoms with Crippen molar-refractivity contribution in [1.82, 2.24) is 0 Å². The lowest BCUT2D eigenvalue weighted by Crippen LogP contribution is -2.47. The number of benzene rings is 1. The lowest BCUT2D eigenvalue weighted by Gasteiger charge is -2.27. The molecule has 1 aliphatic heterocycles. The summed E-state index contributed by atoms with van der Waals surface area (Å²) in [5.41, 5.74) is -0.442. The van der Waals surface area contributed by atoms with Crippen LogP contribution in [-0.4, -0.2) is 30.1 Å². The lowest BCUT2D eigenvalue weighted by atomic mass is 9.98. The molecule has 1 aromatic rings. The maximum absolute atomic E-state index is 13.6. The van der Waals surface area contributed by atoms with Crippen molar-refractivity contribution in [3.63, 3.8) is 0 Å². The number of carbonyl (C=O) groups excluding carboxylic acids is 1. The van der Waals surface area contributed by atoms with Gasteiger partial charge in [0.15, 0.2) is 0 Å². The molecule has 0 amide bonds. The number of para-hydroxylation sites is 1. The second kappa shape index (κ2) is 4.96.